The largest absolute Gasteiger partial charge is 0.397 e. The molecule has 104 valence electrons. The van der Waals surface area contributed by atoms with Gasteiger partial charge in [0.2, 0.25) is 0 Å². The number of nitrogen functional groups attached to an aromatic ring is 1. The lowest BCUT2D eigenvalue weighted by atomic mass is 9.93. The molecule has 19 heavy (non-hydrogen) atoms. The van der Waals surface area contributed by atoms with Crippen molar-refractivity contribution in [2.75, 3.05) is 30.8 Å². The fourth-order valence-electron chi connectivity index (χ4n) is 2.33. The third kappa shape index (κ3) is 2.98. The molecular weight excluding hydrogens is 242 g/mol. The van der Waals surface area contributed by atoms with E-state index in [2.05, 4.69) is 10.2 Å². The van der Waals surface area contributed by atoms with E-state index in [9.17, 15) is 9.90 Å². The first-order chi connectivity index (χ1) is 8.93. The quantitative estimate of drug-likeness (QED) is 0.695. The maximum absolute atomic E-state index is 11.7. The first kappa shape index (κ1) is 13.7. The van der Waals surface area contributed by atoms with Crippen molar-refractivity contribution in [2.45, 2.75) is 25.4 Å². The number of nitrogens with two attached hydrogens (primary N) is 1. The van der Waals surface area contributed by atoms with E-state index in [1.165, 1.54) is 0 Å². The van der Waals surface area contributed by atoms with Crippen LogP contribution in [-0.2, 0) is 0 Å². The molecular formula is C14H21N3O2. The van der Waals surface area contributed by atoms with Crippen LogP contribution in [0.5, 0.6) is 0 Å². The molecule has 5 nitrogen and oxygen atoms in total. The van der Waals surface area contributed by atoms with Crippen molar-refractivity contribution in [3.05, 3.63) is 23.8 Å². The molecule has 4 N–H and O–H groups in total. The number of carbonyl (C=O) groups excluding carboxylic acids is 1. The third-order valence-electron chi connectivity index (χ3n) is 3.70. The molecule has 2 rings (SSSR count). The van der Waals surface area contributed by atoms with E-state index in [4.69, 9.17) is 5.73 Å². The molecule has 5 heteroatoms. The van der Waals surface area contributed by atoms with Crippen molar-refractivity contribution in [1.82, 2.24) is 5.32 Å². The van der Waals surface area contributed by atoms with Gasteiger partial charge in [0.15, 0.2) is 0 Å². The number of piperidine rings is 1. The SMILES string of the molecule is CNC(=O)c1ccc(N)c(N2CCC(C)(O)CC2)c1. The molecule has 1 heterocycles. The summed E-state index contributed by atoms with van der Waals surface area (Å²) in [5.41, 5.74) is 7.53. The van der Waals surface area contributed by atoms with Crippen molar-refractivity contribution in [2.24, 2.45) is 0 Å². The second-order valence-electron chi connectivity index (χ2n) is 5.34. The summed E-state index contributed by atoms with van der Waals surface area (Å²) in [4.78, 5) is 13.8. The summed E-state index contributed by atoms with van der Waals surface area (Å²) in [5, 5.41) is 12.6. The van der Waals surface area contributed by atoms with Gasteiger partial charge < -0.3 is 21.1 Å². The highest BCUT2D eigenvalue weighted by Crippen LogP contribution is 2.30. The molecule has 1 amide bonds. The number of benzene rings is 1. The number of anilines is 2. The van der Waals surface area contributed by atoms with Gasteiger partial charge in [-0.15, -0.1) is 0 Å². The van der Waals surface area contributed by atoms with Gasteiger partial charge >= 0.3 is 0 Å². The number of aliphatic hydroxyl groups is 1. The highest BCUT2D eigenvalue weighted by Gasteiger charge is 2.28. The summed E-state index contributed by atoms with van der Waals surface area (Å²) in [6.07, 6.45) is 1.41. The highest BCUT2D eigenvalue weighted by molar-refractivity contribution is 5.96. The summed E-state index contributed by atoms with van der Waals surface area (Å²) in [5.74, 6) is -0.120. The van der Waals surface area contributed by atoms with Crippen molar-refractivity contribution in [1.29, 1.82) is 0 Å². The van der Waals surface area contributed by atoms with Gasteiger partial charge in [-0.2, -0.15) is 0 Å². The molecule has 0 aromatic heterocycles. The van der Waals surface area contributed by atoms with Crippen LogP contribution in [0.3, 0.4) is 0 Å². The van der Waals surface area contributed by atoms with E-state index in [0.29, 0.717) is 24.1 Å². The van der Waals surface area contributed by atoms with Gasteiger partial charge in [0, 0.05) is 25.7 Å². The average Bonchev–Trinajstić information content (AvgIpc) is 2.39. The number of rotatable bonds is 2. The van der Waals surface area contributed by atoms with Crippen LogP contribution in [0.2, 0.25) is 0 Å². The van der Waals surface area contributed by atoms with Crippen LogP contribution >= 0.6 is 0 Å². The molecule has 1 aromatic carbocycles. The Bertz CT molecular complexity index is 476. The Morgan fingerprint density at radius 1 is 1.42 bits per heavy atom. The first-order valence-corrected chi connectivity index (χ1v) is 6.52. The summed E-state index contributed by atoms with van der Waals surface area (Å²) >= 11 is 0. The molecule has 1 aliphatic rings. The lowest BCUT2D eigenvalue weighted by Gasteiger charge is -2.37. The maximum Gasteiger partial charge on any atom is 0.251 e. The minimum absolute atomic E-state index is 0.120. The smallest absolute Gasteiger partial charge is 0.251 e. The zero-order valence-corrected chi connectivity index (χ0v) is 11.4. The van der Waals surface area contributed by atoms with Crippen LogP contribution < -0.4 is 16.0 Å². The number of hydrogen-bond acceptors (Lipinski definition) is 4. The maximum atomic E-state index is 11.7. The predicted octanol–water partition coefficient (Wildman–Crippen LogP) is 0.980. The topological polar surface area (TPSA) is 78.6 Å². The zero-order valence-electron chi connectivity index (χ0n) is 11.4. The predicted molar refractivity (Wildman–Crippen MR) is 76.3 cm³/mol. The van der Waals surface area contributed by atoms with Crippen molar-refractivity contribution < 1.29 is 9.90 Å². The van der Waals surface area contributed by atoms with Gasteiger partial charge in [0.05, 0.1) is 17.0 Å². The van der Waals surface area contributed by atoms with Gasteiger partial charge in [-0.05, 0) is 38.0 Å². The number of nitrogens with zero attached hydrogens (tertiary/aromatic N) is 1. The van der Waals surface area contributed by atoms with Crippen molar-refractivity contribution >= 4 is 17.3 Å². The lowest BCUT2D eigenvalue weighted by Crippen LogP contribution is -2.42. The van der Waals surface area contributed by atoms with Gasteiger partial charge in [0.1, 0.15) is 0 Å². The molecule has 1 aromatic rings. The number of carbonyl (C=O) groups is 1. The monoisotopic (exact) mass is 263 g/mol. The summed E-state index contributed by atoms with van der Waals surface area (Å²) in [6, 6.07) is 5.29. The summed E-state index contributed by atoms with van der Waals surface area (Å²) < 4.78 is 0. The van der Waals surface area contributed by atoms with Crippen LogP contribution in [0.1, 0.15) is 30.1 Å². The Balaban J connectivity index is 2.22. The second kappa shape index (κ2) is 5.09. The standard InChI is InChI=1S/C14H21N3O2/c1-14(19)5-7-17(8-6-14)12-9-10(13(18)16-2)3-4-11(12)15/h3-4,9,19H,5-8,15H2,1-2H3,(H,16,18). The molecule has 0 saturated carbocycles. The van der Waals surface area contributed by atoms with Crippen LogP contribution in [0.15, 0.2) is 18.2 Å². The van der Waals surface area contributed by atoms with Crippen molar-refractivity contribution in [3.63, 3.8) is 0 Å². The molecule has 0 aliphatic carbocycles. The molecule has 0 atom stereocenters. The van der Waals surface area contributed by atoms with Crippen LogP contribution in [-0.4, -0.2) is 36.8 Å². The number of amides is 1. The van der Waals surface area contributed by atoms with E-state index in [0.717, 1.165) is 18.8 Å². The molecule has 0 radical (unpaired) electrons. The van der Waals surface area contributed by atoms with Crippen LogP contribution in [0.4, 0.5) is 11.4 Å². The molecule has 1 fully saturated rings. The van der Waals surface area contributed by atoms with Crippen LogP contribution in [0.25, 0.3) is 0 Å². The fraction of sp³-hybridized carbons (Fsp3) is 0.500. The Kier molecular flexibility index (Phi) is 3.66. The molecule has 0 bridgehead atoms. The second-order valence-corrected chi connectivity index (χ2v) is 5.34. The van der Waals surface area contributed by atoms with E-state index >= 15 is 0 Å². The number of nitrogens with one attached hydrogen (secondary N) is 1. The molecule has 0 unspecified atom stereocenters. The highest BCUT2D eigenvalue weighted by atomic mass is 16.3. The van der Waals surface area contributed by atoms with Crippen LogP contribution in [0, 0.1) is 0 Å². The van der Waals surface area contributed by atoms with E-state index < -0.39 is 5.60 Å². The van der Waals surface area contributed by atoms with Gasteiger partial charge in [-0.1, -0.05) is 0 Å². The van der Waals surface area contributed by atoms with Gasteiger partial charge in [-0.25, -0.2) is 0 Å². The Morgan fingerprint density at radius 2 is 2.05 bits per heavy atom. The average molecular weight is 263 g/mol. The third-order valence-corrected chi connectivity index (χ3v) is 3.70. The lowest BCUT2D eigenvalue weighted by molar-refractivity contribution is 0.0351. The first-order valence-electron chi connectivity index (χ1n) is 6.52. The van der Waals surface area contributed by atoms with Gasteiger partial charge in [0.25, 0.3) is 5.91 Å². The Morgan fingerprint density at radius 3 is 2.63 bits per heavy atom. The molecule has 0 spiro atoms. The minimum atomic E-state index is -0.594. The van der Waals surface area contributed by atoms with E-state index in [1.54, 1.807) is 19.2 Å². The summed E-state index contributed by atoms with van der Waals surface area (Å²) in [7, 11) is 1.61. The molecule has 1 saturated heterocycles. The number of hydrogen-bond donors (Lipinski definition) is 3. The normalized spacial score (nSPS) is 18.2. The zero-order chi connectivity index (χ0) is 14.0. The Labute approximate surface area is 113 Å². The Hall–Kier alpha value is -1.75. The fourth-order valence-corrected chi connectivity index (χ4v) is 2.33. The van der Waals surface area contributed by atoms with E-state index in [-0.39, 0.29) is 5.91 Å². The summed E-state index contributed by atoms with van der Waals surface area (Å²) in [6.45, 7) is 3.34. The minimum Gasteiger partial charge on any atom is -0.397 e. The van der Waals surface area contributed by atoms with Gasteiger partial charge in [-0.3, -0.25) is 4.79 Å². The van der Waals surface area contributed by atoms with E-state index in [1.807, 2.05) is 13.0 Å². The van der Waals surface area contributed by atoms with Crippen molar-refractivity contribution in [3.8, 4) is 0 Å². The molecule has 1 aliphatic heterocycles.